The van der Waals surface area contributed by atoms with Gasteiger partial charge in [0.1, 0.15) is 11.3 Å². The van der Waals surface area contributed by atoms with Crippen LogP contribution in [0.25, 0.3) is 16.6 Å². The second-order valence-electron chi connectivity index (χ2n) is 7.74. The van der Waals surface area contributed by atoms with Gasteiger partial charge in [0.25, 0.3) is 11.5 Å². The molecule has 1 N–H and O–H groups in total. The lowest BCUT2D eigenvalue weighted by Crippen LogP contribution is -2.25. The molecule has 0 fully saturated rings. The third-order valence-corrected chi connectivity index (χ3v) is 5.66. The van der Waals surface area contributed by atoms with E-state index in [-0.39, 0.29) is 11.5 Å². The molecular weight excluding hydrogens is 416 g/mol. The van der Waals surface area contributed by atoms with Gasteiger partial charge in [-0.25, -0.2) is 4.52 Å². The van der Waals surface area contributed by atoms with E-state index >= 15 is 0 Å². The molecule has 0 spiro atoms. The minimum Gasteiger partial charge on any atom is -0.497 e. The summed E-state index contributed by atoms with van der Waals surface area (Å²) < 4.78 is 8.49. The largest absolute Gasteiger partial charge is 0.497 e. The summed E-state index contributed by atoms with van der Waals surface area (Å²) in [7, 11) is 1.62. The van der Waals surface area contributed by atoms with E-state index in [1.165, 1.54) is 0 Å². The maximum Gasteiger partial charge on any atom is 0.277 e. The van der Waals surface area contributed by atoms with Crippen LogP contribution in [0.2, 0.25) is 0 Å². The van der Waals surface area contributed by atoms with Crippen molar-refractivity contribution in [1.29, 1.82) is 0 Å². The highest BCUT2D eigenvalue weighted by Gasteiger charge is 2.15. The first-order chi connectivity index (χ1) is 16.1. The van der Waals surface area contributed by atoms with E-state index < -0.39 is 0 Å². The van der Waals surface area contributed by atoms with E-state index in [0.29, 0.717) is 29.7 Å². The van der Waals surface area contributed by atoms with Crippen LogP contribution in [0.15, 0.2) is 89.9 Å². The highest BCUT2D eigenvalue weighted by Crippen LogP contribution is 2.18. The zero-order chi connectivity index (χ0) is 22.8. The van der Waals surface area contributed by atoms with Crippen molar-refractivity contribution in [3.63, 3.8) is 0 Å². The van der Waals surface area contributed by atoms with Crippen molar-refractivity contribution in [3.8, 4) is 5.75 Å². The molecule has 0 radical (unpaired) electrons. The molecule has 7 heteroatoms. The van der Waals surface area contributed by atoms with Crippen molar-refractivity contribution in [3.05, 3.63) is 112 Å². The number of nitrogens with one attached hydrogen (secondary N) is 1. The van der Waals surface area contributed by atoms with Gasteiger partial charge in [-0.15, -0.1) is 0 Å². The van der Waals surface area contributed by atoms with Gasteiger partial charge in [-0.2, -0.15) is 5.10 Å². The van der Waals surface area contributed by atoms with Crippen molar-refractivity contribution in [2.24, 2.45) is 0 Å². The lowest BCUT2D eigenvalue weighted by Gasteiger charge is -2.14. The molecule has 0 aliphatic carbocycles. The first-order valence-corrected chi connectivity index (χ1v) is 10.6. The normalized spacial score (nSPS) is 11.1. The Balaban J connectivity index is 1.51. The lowest BCUT2D eigenvalue weighted by molar-refractivity contribution is 0.0951. The fourth-order valence-electron chi connectivity index (χ4n) is 3.92. The molecule has 164 valence electrons. The van der Waals surface area contributed by atoms with Crippen LogP contribution < -0.4 is 15.6 Å². The molecule has 0 atom stereocenters. The maximum absolute atomic E-state index is 13.2. The average molecular weight is 438 g/mol. The molecule has 0 unspecified atom stereocenters. The van der Waals surface area contributed by atoms with Gasteiger partial charge in [-0.1, -0.05) is 42.5 Å². The zero-order valence-corrected chi connectivity index (χ0v) is 18.1. The zero-order valence-electron chi connectivity index (χ0n) is 18.1. The molecule has 1 amide bonds. The Bertz CT molecular complexity index is 1500. The Kier molecular flexibility index (Phi) is 5.36. The number of fused-ring (bicyclic) bond motifs is 3. The summed E-state index contributed by atoms with van der Waals surface area (Å²) in [5, 5.41) is 7.26. The van der Waals surface area contributed by atoms with Crippen molar-refractivity contribution in [2.45, 2.75) is 13.1 Å². The van der Waals surface area contributed by atoms with Crippen LogP contribution >= 0.6 is 0 Å². The first kappa shape index (κ1) is 20.5. The molecule has 33 heavy (non-hydrogen) atoms. The van der Waals surface area contributed by atoms with Gasteiger partial charge in [0.2, 0.25) is 0 Å². The lowest BCUT2D eigenvalue weighted by atomic mass is 10.1. The predicted octanol–water partition coefficient (Wildman–Crippen LogP) is 3.64. The summed E-state index contributed by atoms with van der Waals surface area (Å²) in [6.45, 7) is 0.782. The van der Waals surface area contributed by atoms with Crippen molar-refractivity contribution >= 4 is 22.5 Å². The van der Waals surface area contributed by atoms with E-state index in [9.17, 15) is 9.59 Å². The Hall–Kier alpha value is -4.39. The Labute approximate surface area is 189 Å². The molecule has 2 heterocycles. The van der Waals surface area contributed by atoms with E-state index in [2.05, 4.69) is 10.4 Å². The second-order valence-corrected chi connectivity index (χ2v) is 7.74. The number of carbonyl (C=O) groups excluding carboxylic acids is 1. The molecule has 0 aliphatic rings. The molecule has 0 aliphatic heterocycles. The number of rotatable bonds is 6. The van der Waals surface area contributed by atoms with Gasteiger partial charge in [0, 0.05) is 12.1 Å². The molecule has 5 aromatic rings. The van der Waals surface area contributed by atoms with E-state index in [4.69, 9.17) is 4.74 Å². The van der Waals surface area contributed by atoms with Gasteiger partial charge in [-0.05, 0) is 47.5 Å². The summed E-state index contributed by atoms with van der Waals surface area (Å²) in [4.78, 5) is 26.2. The number of hydrogen-bond donors (Lipinski definition) is 1. The number of carbonyl (C=O) groups is 1. The van der Waals surface area contributed by atoms with Crippen molar-refractivity contribution in [2.75, 3.05) is 7.11 Å². The molecule has 0 saturated carbocycles. The van der Waals surface area contributed by atoms with Gasteiger partial charge in [0.05, 0.1) is 30.9 Å². The second kappa shape index (κ2) is 8.63. The number of hydrogen-bond acceptors (Lipinski definition) is 4. The number of nitrogens with zero attached hydrogens (tertiary/aromatic N) is 3. The summed E-state index contributed by atoms with van der Waals surface area (Å²) in [6, 6.07) is 24.4. The van der Waals surface area contributed by atoms with E-state index in [1.807, 2.05) is 60.7 Å². The molecule has 5 rings (SSSR count). The van der Waals surface area contributed by atoms with E-state index in [1.54, 1.807) is 40.6 Å². The van der Waals surface area contributed by atoms with Crippen LogP contribution in [0.1, 0.15) is 21.5 Å². The molecule has 3 aromatic carbocycles. The first-order valence-electron chi connectivity index (χ1n) is 10.6. The third-order valence-electron chi connectivity index (χ3n) is 5.66. The fraction of sp³-hybridized carbons (Fsp3) is 0.115. The number of methoxy groups -OCH3 is 1. The molecule has 0 saturated heterocycles. The molecular formula is C26H22N4O3. The minimum atomic E-state index is -0.216. The van der Waals surface area contributed by atoms with Crippen LogP contribution in [0.4, 0.5) is 0 Å². The number of amides is 1. The number of benzene rings is 3. The topological polar surface area (TPSA) is 77.6 Å². The van der Waals surface area contributed by atoms with E-state index in [0.717, 1.165) is 22.4 Å². The van der Waals surface area contributed by atoms with Gasteiger partial charge in [-0.3, -0.25) is 9.59 Å². The van der Waals surface area contributed by atoms with Crippen LogP contribution in [0.5, 0.6) is 5.75 Å². The highest BCUT2D eigenvalue weighted by molar-refractivity contribution is 5.97. The maximum atomic E-state index is 13.2. The Morgan fingerprint density at radius 2 is 1.70 bits per heavy atom. The summed E-state index contributed by atoms with van der Waals surface area (Å²) >= 11 is 0. The summed E-state index contributed by atoms with van der Waals surface area (Å²) in [6.07, 6.45) is 1.61. The van der Waals surface area contributed by atoms with Crippen LogP contribution in [-0.4, -0.2) is 27.2 Å². The Morgan fingerprint density at radius 3 is 2.45 bits per heavy atom. The monoisotopic (exact) mass is 438 g/mol. The highest BCUT2D eigenvalue weighted by atomic mass is 16.5. The fourth-order valence-corrected chi connectivity index (χ4v) is 3.92. The minimum absolute atomic E-state index is 0.153. The Morgan fingerprint density at radius 1 is 0.909 bits per heavy atom. The SMILES string of the molecule is COc1ccc(CNC(=O)c2ccc3c(c2)n(Cc2ccccc2)c(=O)c2ccnn23)cc1. The van der Waals surface area contributed by atoms with Crippen LogP contribution in [0, 0.1) is 0 Å². The quantitative estimate of drug-likeness (QED) is 0.439. The van der Waals surface area contributed by atoms with Gasteiger partial charge < -0.3 is 14.6 Å². The standard InChI is InChI=1S/C26H22N4O3/c1-33-21-10-7-18(8-11-21)16-27-25(31)20-9-12-22-24(15-20)29(17-19-5-3-2-4-6-19)26(32)23-13-14-28-30(22)23/h2-15H,16-17H2,1H3,(H,27,31). The average Bonchev–Trinajstić information content (AvgIpc) is 3.36. The van der Waals surface area contributed by atoms with Crippen LogP contribution in [0.3, 0.4) is 0 Å². The van der Waals surface area contributed by atoms with Crippen LogP contribution in [-0.2, 0) is 13.1 Å². The molecule has 0 bridgehead atoms. The van der Waals surface area contributed by atoms with Crippen molar-refractivity contribution in [1.82, 2.24) is 19.5 Å². The third kappa shape index (κ3) is 3.96. The number of ether oxygens (including phenoxy) is 1. The van der Waals surface area contributed by atoms with Gasteiger partial charge >= 0.3 is 0 Å². The molecule has 7 nitrogen and oxygen atoms in total. The predicted molar refractivity (Wildman–Crippen MR) is 127 cm³/mol. The summed E-state index contributed by atoms with van der Waals surface area (Å²) in [5.74, 6) is 0.549. The molecule has 2 aromatic heterocycles. The number of aromatic nitrogens is 3. The van der Waals surface area contributed by atoms with Crippen molar-refractivity contribution < 1.29 is 9.53 Å². The smallest absolute Gasteiger partial charge is 0.277 e. The van der Waals surface area contributed by atoms with Gasteiger partial charge in [0.15, 0.2) is 0 Å². The summed E-state index contributed by atoms with van der Waals surface area (Å²) in [5.41, 5.74) is 4.19.